The molecule has 20 heavy (non-hydrogen) atoms. The summed E-state index contributed by atoms with van der Waals surface area (Å²) in [5.41, 5.74) is 2.33. The summed E-state index contributed by atoms with van der Waals surface area (Å²) < 4.78 is 0. The Labute approximate surface area is 121 Å². The summed E-state index contributed by atoms with van der Waals surface area (Å²) in [5.74, 6) is 0.364. The fourth-order valence-electron chi connectivity index (χ4n) is 2.48. The van der Waals surface area contributed by atoms with Crippen molar-refractivity contribution in [2.75, 3.05) is 0 Å². The molecule has 2 unspecified atom stereocenters. The summed E-state index contributed by atoms with van der Waals surface area (Å²) >= 11 is 0. The van der Waals surface area contributed by atoms with Gasteiger partial charge in [-0.1, -0.05) is 48.5 Å². The van der Waals surface area contributed by atoms with Gasteiger partial charge < -0.3 is 10.4 Å². The smallest absolute Gasteiger partial charge is 0.120 e. The number of aryl methyl sites for hydroxylation is 1. The van der Waals surface area contributed by atoms with Gasteiger partial charge in [-0.3, -0.25) is 0 Å². The normalized spacial score (nSPS) is 13.9. The van der Waals surface area contributed by atoms with Gasteiger partial charge in [-0.05, 0) is 38.3 Å². The van der Waals surface area contributed by atoms with Crippen LogP contribution < -0.4 is 5.32 Å². The molecule has 106 valence electrons. The molecule has 0 bridgehead atoms. The predicted molar refractivity (Wildman–Crippen MR) is 83.9 cm³/mol. The highest BCUT2D eigenvalue weighted by Crippen LogP contribution is 2.23. The van der Waals surface area contributed by atoms with E-state index in [9.17, 15) is 5.11 Å². The number of benzene rings is 2. The van der Waals surface area contributed by atoms with E-state index in [0.717, 1.165) is 18.4 Å². The van der Waals surface area contributed by atoms with Crippen molar-refractivity contribution < 1.29 is 5.11 Å². The lowest BCUT2D eigenvalue weighted by molar-refractivity contribution is 0.425. The van der Waals surface area contributed by atoms with Crippen molar-refractivity contribution in [3.8, 4) is 5.75 Å². The highest BCUT2D eigenvalue weighted by Gasteiger charge is 2.12. The molecule has 2 atom stereocenters. The second-order valence-corrected chi connectivity index (χ2v) is 5.37. The highest BCUT2D eigenvalue weighted by atomic mass is 16.3. The second-order valence-electron chi connectivity index (χ2n) is 5.37. The molecule has 2 nitrogen and oxygen atoms in total. The maximum absolute atomic E-state index is 9.86. The lowest BCUT2D eigenvalue weighted by atomic mass is 10.0. The van der Waals surface area contributed by atoms with Gasteiger partial charge in [-0.25, -0.2) is 0 Å². The number of phenolic OH excluding ortho intramolecular Hbond substituents is 1. The number of rotatable bonds is 6. The lowest BCUT2D eigenvalue weighted by Crippen LogP contribution is -2.29. The number of para-hydroxylation sites is 1. The Morgan fingerprint density at radius 1 is 0.950 bits per heavy atom. The van der Waals surface area contributed by atoms with Crippen molar-refractivity contribution in [2.45, 2.75) is 38.8 Å². The molecule has 0 radical (unpaired) electrons. The van der Waals surface area contributed by atoms with Crippen LogP contribution in [-0.2, 0) is 6.42 Å². The molecule has 0 saturated heterocycles. The zero-order valence-electron chi connectivity index (χ0n) is 12.2. The van der Waals surface area contributed by atoms with Crippen molar-refractivity contribution in [3.63, 3.8) is 0 Å². The van der Waals surface area contributed by atoms with Crippen LogP contribution in [0.2, 0.25) is 0 Å². The maximum atomic E-state index is 9.86. The molecule has 0 aromatic heterocycles. The van der Waals surface area contributed by atoms with E-state index in [0.29, 0.717) is 11.8 Å². The molecule has 2 N–H and O–H groups in total. The summed E-state index contributed by atoms with van der Waals surface area (Å²) in [6, 6.07) is 18.6. The summed E-state index contributed by atoms with van der Waals surface area (Å²) in [6.45, 7) is 4.29. The first-order valence-electron chi connectivity index (χ1n) is 7.24. The molecule has 2 rings (SSSR count). The average Bonchev–Trinajstić information content (AvgIpc) is 2.46. The monoisotopic (exact) mass is 269 g/mol. The molecule has 0 saturated carbocycles. The maximum Gasteiger partial charge on any atom is 0.120 e. The van der Waals surface area contributed by atoms with E-state index in [1.807, 2.05) is 24.3 Å². The van der Waals surface area contributed by atoms with Crippen LogP contribution in [0.3, 0.4) is 0 Å². The molecule has 2 heteroatoms. The number of nitrogens with one attached hydrogen (secondary N) is 1. The first-order valence-corrected chi connectivity index (χ1v) is 7.24. The Bertz CT molecular complexity index is 524. The second kappa shape index (κ2) is 7.11. The summed E-state index contributed by atoms with van der Waals surface area (Å²) in [4.78, 5) is 0. The van der Waals surface area contributed by atoms with Crippen LogP contribution in [0.5, 0.6) is 5.75 Å². The standard InChI is InChI=1S/C18H23NO/c1-14(12-13-16-8-4-3-5-9-16)19-15(2)17-10-6-7-11-18(17)20/h3-11,14-15,19-20H,12-13H2,1-2H3. The largest absolute Gasteiger partial charge is 0.508 e. The van der Waals surface area contributed by atoms with E-state index < -0.39 is 0 Å². The van der Waals surface area contributed by atoms with Gasteiger partial charge in [0, 0.05) is 17.6 Å². The van der Waals surface area contributed by atoms with Crippen molar-refractivity contribution in [1.29, 1.82) is 0 Å². The molecule has 0 fully saturated rings. The van der Waals surface area contributed by atoms with E-state index in [1.165, 1.54) is 5.56 Å². The van der Waals surface area contributed by atoms with Gasteiger partial charge >= 0.3 is 0 Å². The molecule has 0 spiro atoms. The molecule has 0 amide bonds. The predicted octanol–water partition coefficient (Wildman–Crippen LogP) is 4.06. The molecular weight excluding hydrogens is 246 g/mol. The molecular formula is C18H23NO. The fourth-order valence-corrected chi connectivity index (χ4v) is 2.48. The van der Waals surface area contributed by atoms with Gasteiger partial charge in [0.25, 0.3) is 0 Å². The Kier molecular flexibility index (Phi) is 5.19. The SMILES string of the molecule is CC(CCc1ccccc1)NC(C)c1ccccc1O. The van der Waals surface area contributed by atoms with Gasteiger partial charge in [0.15, 0.2) is 0 Å². The van der Waals surface area contributed by atoms with Gasteiger partial charge in [-0.2, -0.15) is 0 Å². The summed E-state index contributed by atoms with van der Waals surface area (Å²) in [5, 5.41) is 13.4. The Morgan fingerprint density at radius 3 is 2.30 bits per heavy atom. The van der Waals surface area contributed by atoms with Crippen molar-refractivity contribution in [3.05, 3.63) is 65.7 Å². The van der Waals surface area contributed by atoms with Crippen LogP contribution >= 0.6 is 0 Å². The Hall–Kier alpha value is -1.80. The van der Waals surface area contributed by atoms with Crippen LogP contribution in [0.4, 0.5) is 0 Å². The Morgan fingerprint density at radius 2 is 1.60 bits per heavy atom. The third-order valence-corrected chi connectivity index (χ3v) is 3.65. The lowest BCUT2D eigenvalue weighted by Gasteiger charge is -2.21. The number of hydrogen-bond donors (Lipinski definition) is 2. The topological polar surface area (TPSA) is 32.3 Å². The van der Waals surface area contributed by atoms with Crippen LogP contribution in [0.15, 0.2) is 54.6 Å². The van der Waals surface area contributed by atoms with Crippen molar-refractivity contribution in [2.24, 2.45) is 0 Å². The van der Waals surface area contributed by atoms with Crippen molar-refractivity contribution >= 4 is 0 Å². The van der Waals surface area contributed by atoms with Gasteiger partial charge in [0.05, 0.1) is 0 Å². The minimum Gasteiger partial charge on any atom is -0.508 e. The third-order valence-electron chi connectivity index (χ3n) is 3.65. The summed E-state index contributed by atoms with van der Waals surface area (Å²) in [7, 11) is 0. The van der Waals surface area contributed by atoms with E-state index in [-0.39, 0.29) is 6.04 Å². The van der Waals surface area contributed by atoms with Gasteiger partial charge in [0.1, 0.15) is 5.75 Å². The van der Waals surface area contributed by atoms with E-state index in [1.54, 1.807) is 6.07 Å². The van der Waals surface area contributed by atoms with E-state index in [4.69, 9.17) is 0 Å². The fraction of sp³-hybridized carbons (Fsp3) is 0.333. The third kappa shape index (κ3) is 4.10. The number of phenols is 1. The number of hydrogen-bond acceptors (Lipinski definition) is 2. The molecule has 0 aliphatic rings. The zero-order valence-corrected chi connectivity index (χ0v) is 12.2. The first-order chi connectivity index (χ1) is 9.66. The van der Waals surface area contributed by atoms with Gasteiger partial charge in [0.2, 0.25) is 0 Å². The van der Waals surface area contributed by atoms with E-state index in [2.05, 4.69) is 43.4 Å². The summed E-state index contributed by atoms with van der Waals surface area (Å²) in [6.07, 6.45) is 2.16. The minimum absolute atomic E-state index is 0.155. The molecule has 2 aromatic rings. The average molecular weight is 269 g/mol. The number of aromatic hydroxyl groups is 1. The highest BCUT2D eigenvalue weighted by molar-refractivity contribution is 5.34. The Balaban J connectivity index is 1.85. The molecule has 0 aliphatic carbocycles. The van der Waals surface area contributed by atoms with Crippen LogP contribution in [0.25, 0.3) is 0 Å². The molecule has 0 aliphatic heterocycles. The zero-order chi connectivity index (χ0) is 14.4. The van der Waals surface area contributed by atoms with Crippen molar-refractivity contribution in [1.82, 2.24) is 5.32 Å². The molecule has 2 aromatic carbocycles. The van der Waals surface area contributed by atoms with Crippen LogP contribution in [0, 0.1) is 0 Å². The van der Waals surface area contributed by atoms with E-state index >= 15 is 0 Å². The first kappa shape index (κ1) is 14.6. The van der Waals surface area contributed by atoms with Crippen LogP contribution in [-0.4, -0.2) is 11.1 Å². The molecule has 0 heterocycles. The van der Waals surface area contributed by atoms with Crippen LogP contribution in [0.1, 0.15) is 37.4 Å². The minimum atomic E-state index is 0.155. The quantitative estimate of drug-likeness (QED) is 0.828. The van der Waals surface area contributed by atoms with Gasteiger partial charge in [-0.15, -0.1) is 0 Å².